The summed E-state index contributed by atoms with van der Waals surface area (Å²) in [4.78, 5) is 19.3. The summed E-state index contributed by atoms with van der Waals surface area (Å²) in [7, 11) is 0. The van der Waals surface area contributed by atoms with Crippen LogP contribution in [0.1, 0.15) is 39.2 Å². The minimum Gasteiger partial charge on any atom is -0.444 e. The van der Waals surface area contributed by atoms with Crippen LogP contribution in [0.5, 0.6) is 0 Å². The number of hydrogen-bond acceptors (Lipinski definition) is 5. The maximum atomic E-state index is 12.4. The Labute approximate surface area is 169 Å². The second kappa shape index (κ2) is 8.80. The van der Waals surface area contributed by atoms with Gasteiger partial charge < -0.3 is 15.4 Å². The highest BCUT2D eigenvalue weighted by Gasteiger charge is 2.41. The van der Waals surface area contributed by atoms with Gasteiger partial charge in [-0.2, -0.15) is 0 Å². The third-order valence-electron chi connectivity index (χ3n) is 6.02. The van der Waals surface area contributed by atoms with E-state index in [9.17, 15) is 4.79 Å². The van der Waals surface area contributed by atoms with Crippen molar-refractivity contribution in [1.82, 2.24) is 14.7 Å². The van der Waals surface area contributed by atoms with Crippen LogP contribution >= 0.6 is 0 Å². The molecule has 2 N–H and O–H groups in total. The summed E-state index contributed by atoms with van der Waals surface area (Å²) < 4.78 is 5.53. The van der Waals surface area contributed by atoms with Gasteiger partial charge in [-0.25, -0.2) is 4.79 Å². The van der Waals surface area contributed by atoms with Crippen molar-refractivity contribution in [2.24, 2.45) is 5.73 Å². The number of carbonyl (C=O) groups excluding carboxylic acids is 1. The standard InChI is InChI=1S/C22H36N4O2/c1-21(2,3)28-20(27)25-11-9-22(18-23,10-12-25)26-15-13-24(14-16-26)17-19-7-5-4-6-8-19/h4-8H,9-18,23H2,1-3H3. The zero-order chi connectivity index (χ0) is 20.2. The normalized spacial score (nSPS) is 21.5. The van der Waals surface area contributed by atoms with Gasteiger partial charge in [-0.1, -0.05) is 30.3 Å². The van der Waals surface area contributed by atoms with E-state index in [1.807, 2.05) is 25.7 Å². The molecule has 0 spiro atoms. The fraction of sp³-hybridized carbons (Fsp3) is 0.682. The van der Waals surface area contributed by atoms with Crippen LogP contribution in [0.4, 0.5) is 4.79 Å². The molecule has 6 nitrogen and oxygen atoms in total. The van der Waals surface area contributed by atoms with E-state index in [4.69, 9.17) is 10.5 Å². The molecule has 2 aliphatic heterocycles. The number of ether oxygens (including phenoxy) is 1. The molecule has 6 heteroatoms. The molecule has 0 saturated carbocycles. The summed E-state index contributed by atoms with van der Waals surface area (Å²) in [6, 6.07) is 10.7. The number of hydrogen-bond donors (Lipinski definition) is 1. The van der Waals surface area contributed by atoms with Gasteiger partial charge in [-0.15, -0.1) is 0 Å². The maximum Gasteiger partial charge on any atom is 0.410 e. The minimum atomic E-state index is -0.450. The van der Waals surface area contributed by atoms with E-state index < -0.39 is 5.60 Å². The molecule has 3 rings (SSSR count). The van der Waals surface area contributed by atoms with Crippen molar-refractivity contribution in [3.63, 3.8) is 0 Å². The van der Waals surface area contributed by atoms with Crippen molar-refractivity contribution < 1.29 is 9.53 Å². The Hall–Kier alpha value is -1.63. The molecular formula is C22H36N4O2. The lowest BCUT2D eigenvalue weighted by molar-refractivity contribution is -0.0202. The van der Waals surface area contributed by atoms with E-state index in [0.29, 0.717) is 6.54 Å². The molecule has 0 unspecified atom stereocenters. The lowest BCUT2D eigenvalue weighted by Crippen LogP contribution is -2.64. The molecule has 0 aliphatic carbocycles. The predicted molar refractivity (Wildman–Crippen MR) is 112 cm³/mol. The number of nitrogens with two attached hydrogens (primary N) is 1. The van der Waals surface area contributed by atoms with Crippen LogP contribution in [0.15, 0.2) is 30.3 Å². The number of piperidine rings is 1. The Bertz CT molecular complexity index is 628. The molecule has 156 valence electrons. The number of nitrogens with zero attached hydrogens (tertiary/aromatic N) is 3. The van der Waals surface area contributed by atoms with E-state index in [1.54, 1.807) is 0 Å². The molecule has 0 aromatic heterocycles. The first-order valence-electron chi connectivity index (χ1n) is 10.5. The molecule has 2 heterocycles. The van der Waals surface area contributed by atoms with E-state index >= 15 is 0 Å². The second-order valence-corrected chi connectivity index (χ2v) is 9.14. The van der Waals surface area contributed by atoms with Crippen molar-refractivity contribution in [1.29, 1.82) is 0 Å². The van der Waals surface area contributed by atoms with Crippen molar-refractivity contribution >= 4 is 6.09 Å². The monoisotopic (exact) mass is 388 g/mol. The van der Waals surface area contributed by atoms with Crippen LogP contribution in [0.25, 0.3) is 0 Å². The SMILES string of the molecule is CC(C)(C)OC(=O)N1CCC(CN)(N2CCN(Cc3ccccc3)CC2)CC1. The smallest absolute Gasteiger partial charge is 0.410 e. The van der Waals surface area contributed by atoms with Crippen molar-refractivity contribution in [3.8, 4) is 0 Å². The van der Waals surface area contributed by atoms with Crippen LogP contribution in [0.3, 0.4) is 0 Å². The first-order valence-corrected chi connectivity index (χ1v) is 10.5. The highest BCUT2D eigenvalue weighted by molar-refractivity contribution is 5.68. The quantitative estimate of drug-likeness (QED) is 0.859. The lowest BCUT2D eigenvalue weighted by atomic mass is 9.85. The summed E-state index contributed by atoms with van der Waals surface area (Å²) in [5.74, 6) is 0. The average Bonchev–Trinajstić information content (AvgIpc) is 2.68. The van der Waals surface area contributed by atoms with Crippen molar-refractivity contribution in [2.45, 2.75) is 51.3 Å². The number of benzene rings is 1. The van der Waals surface area contributed by atoms with Gasteiger partial charge in [-0.05, 0) is 39.2 Å². The van der Waals surface area contributed by atoms with Gasteiger partial charge in [0.25, 0.3) is 0 Å². The summed E-state index contributed by atoms with van der Waals surface area (Å²) in [6.07, 6.45) is 1.63. The molecule has 0 atom stereocenters. The lowest BCUT2D eigenvalue weighted by Gasteiger charge is -2.51. The van der Waals surface area contributed by atoms with Crippen LogP contribution in [-0.2, 0) is 11.3 Å². The number of likely N-dealkylation sites (tertiary alicyclic amines) is 1. The Morgan fingerprint density at radius 3 is 2.18 bits per heavy atom. The molecule has 28 heavy (non-hydrogen) atoms. The van der Waals surface area contributed by atoms with Crippen LogP contribution in [-0.4, -0.2) is 77.7 Å². The number of piperazine rings is 1. The molecule has 1 aromatic rings. The fourth-order valence-electron chi connectivity index (χ4n) is 4.30. The largest absolute Gasteiger partial charge is 0.444 e. The van der Waals surface area contributed by atoms with Gasteiger partial charge in [-0.3, -0.25) is 9.80 Å². The van der Waals surface area contributed by atoms with Crippen molar-refractivity contribution in [2.75, 3.05) is 45.8 Å². The summed E-state index contributed by atoms with van der Waals surface area (Å²) in [6.45, 7) is 13.0. The molecule has 2 fully saturated rings. The molecule has 1 amide bonds. The highest BCUT2D eigenvalue weighted by atomic mass is 16.6. The molecule has 0 radical (unpaired) electrons. The number of rotatable bonds is 4. The van der Waals surface area contributed by atoms with E-state index in [-0.39, 0.29) is 11.6 Å². The van der Waals surface area contributed by atoms with Gasteiger partial charge in [0.05, 0.1) is 0 Å². The third-order valence-corrected chi connectivity index (χ3v) is 6.02. The average molecular weight is 389 g/mol. The summed E-state index contributed by atoms with van der Waals surface area (Å²) >= 11 is 0. The van der Waals surface area contributed by atoms with Gasteiger partial charge in [0.15, 0.2) is 0 Å². The zero-order valence-electron chi connectivity index (χ0n) is 17.7. The zero-order valence-corrected chi connectivity index (χ0v) is 17.7. The third kappa shape index (κ3) is 5.25. The maximum absolute atomic E-state index is 12.4. The van der Waals surface area contributed by atoms with Gasteiger partial charge in [0.1, 0.15) is 5.60 Å². The van der Waals surface area contributed by atoms with Gasteiger partial charge >= 0.3 is 6.09 Å². The topological polar surface area (TPSA) is 62.0 Å². The molecule has 0 bridgehead atoms. The van der Waals surface area contributed by atoms with Crippen LogP contribution < -0.4 is 5.73 Å². The second-order valence-electron chi connectivity index (χ2n) is 9.14. The minimum absolute atomic E-state index is 0.0113. The van der Waals surface area contributed by atoms with Gasteiger partial charge in [0, 0.05) is 57.9 Å². The van der Waals surface area contributed by atoms with E-state index in [1.165, 1.54) is 5.56 Å². The van der Waals surface area contributed by atoms with E-state index in [2.05, 4.69) is 40.1 Å². The van der Waals surface area contributed by atoms with Crippen LogP contribution in [0, 0.1) is 0 Å². The summed E-state index contributed by atoms with van der Waals surface area (Å²) in [5, 5.41) is 0. The first-order chi connectivity index (χ1) is 13.3. The molecule has 2 aliphatic rings. The number of carbonyl (C=O) groups is 1. The number of amides is 1. The molecule has 2 saturated heterocycles. The summed E-state index contributed by atoms with van der Waals surface area (Å²) in [5.41, 5.74) is 7.19. The van der Waals surface area contributed by atoms with Gasteiger partial charge in [0.2, 0.25) is 0 Å². The Balaban J connectivity index is 1.51. The molecular weight excluding hydrogens is 352 g/mol. The fourth-order valence-corrected chi connectivity index (χ4v) is 4.30. The highest BCUT2D eigenvalue weighted by Crippen LogP contribution is 2.30. The first kappa shape index (κ1) is 21.1. The van der Waals surface area contributed by atoms with Crippen molar-refractivity contribution in [3.05, 3.63) is 35.9 Å². The molecule has 1 aromatic carbocycles. The Morgan fingerprint density at radius 1 is 1.04 bits per heavy atom. The predicted octanol–water partition coefficient (Wildman–Crippen LogP) is 2.53. The van der Waals surface area contributed by atoms with E-state index in [0.717, 1.165) is 58.7 Å². The Kier molecular flexibility index (Phi) is 6.63. The van der Waals surface area contributed by atoms with Crippen LogP contribution in [0.2, 0.25) is 0 Å². The Morgan fingerprint density at radius 2 is 1.64 bits per heavy atom.